The van der Waals surface area contributed by atoms with Gasteiger partial charge in [0.15, 0.2) is 0 Å². The summed E-state index contributed by atoms with van der Waals surface area (Å²) in [5, 5.41) is 3.79. The molecule has 7 heteroatoms. The first-order chi connectivity index (χ1) is 8.31. The molecule has 0 saturated heterocycles. The Morgan fingerprint density at radius 3 is 2.56 bits per heavy atom. The highest BCUT2D eigenvalue weighted by atomic mass is 32.2. The molecule has 1 aromatic rings. The quantitative estimate of drug-likeness (QED) is 0.636. The van der Waals surface area contributed by atoms with Crippen molar-refractivity contribution in [2.45, 2.75) is 24.8 Å². The normalized spacial score (nSPS) is 11.8. The highest BCUT2D eigenvalue weighted by Gasteiger charge is 2.09. The summed E-state index contributed by atoms with van der Waals surface area (Å²) in [6.07, 6.45) is 1.24. The number of rotatable bonds is 6. The molecular formula is C11H19N3O2S2. The lowest BCUT2D eigenvalue weighted by Crippen LogP contribution is -2.06. The van der Waals surface area contributed by atoms with Gasteiger partial charge in [0.05, 0.1) is 5.75 Å². The van der Waals surface area contributed by atoms with Gasteiger partial charge in [-0.1, -0.05) is 13.8 Å². The molecule has 5 nitrogen and oxygen atoms in total. The van der Waals surface area contributed by atoms with Gasteiger partial charge in [-0.25, -0.2) is 18.4 Å². The summed E-state index contributed by atoms with van der Waals surface area (Å²) in [7, 11) is -1.11. The first-order valence-corrected chi connectivity index (χ1v) is 8.73. The summed E-state index contributed by atoms with van der Waals surface area (Å²) in [5.74, 6) is 2.44. The SMILES string of the molecule is CNc1cc(SCCS(C)(=O)=O)nc(C(C)C)n1. The largest absolute Gasteiger partial charge is 0.373 e. The Balaban J connectivity index is 2.78. The Kier molecular flexibility index (Phi) is 5.40. The highest BCUT2D eigenvalue weighted by molar-refractivity contribution is 8.00. The zero-order chi connectivity index (χ0) is 13.8. The third-order valence-corrected chi connectivity index (χ3v) is 4.31. The number of hydrogen-bond acceptors (Lipinski definition) is 6. The van der Waals surface area contributed by atoms with Crippen molar-refractivity contribution in [3.8, 4) is 0 Å². The molecule has 102 valence electrons. The number of thioether (sulfide) groups is 1. The Labute approximate surface area is 113 Å². The van der Waals surface area contributed by atoms with Crippen molar-refractivity contribution in [1.29, 1.82) is 0 Å². The van der Waals surface area contributed by atoms with Crippen molar-refractivity contribution in [3.05, 3.63) is 11.9 Å². The maximum Gasteiger partial charge on any atom is 0.148 e. The molecule has 0 aliphatic carbocycles. The van der Waals surface area contributed by atoms with Crippen LogP contribution in [0.5, 0.6) is 0 Å². The molecule has 0 radical (unpaired) electrons. The van der Waals surface area contributed by atoms with Gasteiger partial charge in [0, 0.05) is 31.0 Å². The molecule has 0 bridgehead atoms. The minimum Gasteiger partial charge on any atom is -0.373 e. The van der Waals surface area contributed by atoms with E-state index in [1.165, 1.54) is 18.0 Å². The standard InChI is InChI=1S/C11H19N3O2S2/c1-8(2)11-13-9(12-3)7-10(14-11)17-5-6-18(4,15)16/h7-8H,5-6H2,1-4H3,(H,12,13,14). The summed E-state index contributed by atoms with van der Waals surface area (Å²) in [4.78, 5) is 8.77. The van der Waals surface area contributed by atoms with E-state index in [1.807, 2.05) is 19.9 Å². The number of anilines is 1. The minimum atomic E-state index is -2.92. The van der Waals surface area contributed by atoms with E-state index in [1.54, 1.807) is 7.05 Å². The monoisotopic (exact) mass is 289 g/mol. The molecule has 0 atom stereocenters. The maximum atomic E-state index is 11.1. The maximum absolute atomic E-state index is 11.1. The molecule has 0 saturated carbocycles. The topological polar surface area (TPSA) is 72.0 Å². The third-order valence-electron chi connectivity index (χ3n) is 2.20. The molecule has 0 aromatic carbocycles. The van der Waals surface area contributed by atoms with Crippen molar-refractivity contribution >= 4 is 27.4 Å². The van der Waals surface area contributed by atoms with Crippen molar-refractivity contribution in [3.63, 3.8) is 0 Å². The van der Waals surface area contributed by atoms with Crippen LogP contribution >= 0.6 is 11.8 Å². The predicted molar refractivity (Wildman–Crippen MR) is 76.1 cm³/mol. The van der Waals surface area contributed by atoms with E-state index in [0.29, 0.717) is 5.75 Å². The fraction of sp³-hybridized carbons (Fsp3) is 0.636. The lowest BCUT2D eigenvalue weighted by Gasteiger charge is -2.09. The van der Waals surface area contributed by atoms with E-state index in [9.17, 15) is 8.42 Å². The minimum absolute atomic E-state index is 0.160. The number of aromatic nitrogens is 2. The molecule has 1 aromatic heterocycles. The lowest BCUT2D eigenvalue weighted by atomic mass is 10.2. The van der Waals surface area contributed by atoms with E-state index in [2.05, 4.69) is 15.3 Å². The van der Waals surface area contributed by atoms with Crippen LogP contribution in [-0.4, -0.2) is 43.2 Å². The second kappa shape index (κ2) is 6.38. The van der Waals surface area contributed by atoms with Crippen molar-refractivity contribution in [2.24, 2.45) is 0 Å². The summed E-state index contributed by atoms with van der Waals surface area (Å²) < 4.78 is 22.1. The van der Waals surface area contributed by atoms with Crippen LogP contribution in [0.1, 0.15) is 25.6 Å². The number of nitrogens with one attached hydrogen (secondary N) is 1. The van der Waals surface area contributed by atoms with Crippen LogP contribution in [0.3, 0.4) is 0 Å². The van der Waals surface area contributed by atoms with Crippen LogP contribution < -0.4 is 5.32 Å². The average molecular weight is 289 g/mol. The van der Waals surface area contributed by atoms with Gasteiger partial charge in [-0.05, 0) is 0 Å². The Morgan fingerprint density at radius 1 is 1.39 bits per heavy atom. The second-order valence-electron chi connectivity index (χ2n) is 4.33. The lowest BCUT2D eigenvalue weighted by molar-refractivity contribution is 0.603. The Bertz CT molecular complexity index is 501. The van der Waals surface area contributed by atoms with Gasteiger partial charge in [-0.3, -0.25) is 0 Å². The van der Waals surface area contributed by atoms with Crippen molar-refractivity contribution in [2.75, 3.05) is 30.1 Å². The van der Waals surface area contributed by atoms with Gasteiger partial charge in [-0.2, -0.15) is 0 Å². The molecule has 1 N–H and O–H groups in total. The van der Waals surface area contributed by atoms with E-state index < -0.39 is 9.84 Å². The van der Waals surface area contributed by atoms with E-state index in [4.69, 9.17) is 0 Å². The zero-order valence-corrected chi connectivity index (χ0v) is 12.7. The zero-order valence-electron chi connectivity index (χ0n) is 11.1. The van der Waals surface area contributed by atoms with Crippen LogP contribution in [-0.2, 0) is 9.84 Å². The van der Waals surface area contributed by atoms with Crippen LogP contribution in [0.25, 0.3) is 0 Å². The van der Waals surface area contributed by atoms with Crippen molar-refractivity contribution < 1.29 is 8.42 Å². The molecular weight excluding hydrogens is 270 g/mol. The molecule has 0 fully saturated rings. The molecule has 1 rings (SSSR count). The third kappa shape index (κ3) is 5.22. The van der Waals surface area contributed by atoms with Gasteiger partial charge < -0.3 is 5.32 Å². The van der Waals surface area contributed by atoms with Gasteiger partial charge >= 0.3 is 0 Å². The van der Waals surface area contributed by atoms with Gasteiger partial charge in [0.2, 0.25) is 0 Å². The molecule has 0 spiro atoms. The number of hydrogen-bond donors (Lipinski definition) is 1. The van der Waals surface area contributed by atoms with Crippen LogP contribution in [0.15, 0.2) is 11.1 Å². The van der Waals surface area contributed by atoms with Gasteiger partial charge in [0.25, 0.3) is 0 Å². The van der Waals surface area contributed by atoms with E-state index >= 15 is 0 Å². The second-order valence-corrected chi connectivity index (χ2v) is 7.71. The van der Waals surface area contributed by atoms with E-state index in [-0.39, 0.29) is 11.7 Å². The molecule has 0 unspecified atom stereocenters. The first kappa shape index (κ1) is 15.2. The summed E-state index contributed by atoms with van der Waals surface area (Å²) in [6.45, 7) is 4.06. The predicted octanol–water partition coefficient (Wildman–Crippen LogP) is 1.78. The van der Waals surface area contributed by atoms with Crippen LogP contribution in [0.4, 0.5) is 5.82 Å². The Morgan fingerprint density at radius 2 is 2.06 bits per heavy atom. The average Bonchev–Trinajstić information content (AvgIpc) is 2.26. The summed E-state index contributed by atoms with van der Waals surface area (Å²) in [5.41, 5.74) is 0. The molecule has 0 aliphatic rings. The van der Waals surface area contributed by atoms with Crippen LogP contribution in [0, 0.1) is 0 Å². The van der Waals surface area contributed by atoms with Crippen LogP contribution in [0.2, 0.25) is 0 Å². The Hall–Kier alpha value is -0.820. The summed E-state index contributed by atoms with van der Waals surface area (Å²) in [6, 6.07) is 1.83. The van der Waals surface area contributed by atoms with Gasteiger partial charge in [0.1, 0.15) is 26.5 Å². The molecule has 1 heterocycles. The number of nitrogens with zero attached hydrogens (tertiary/aromatic N) is 2. The number of sulfone groups is 1. The van der Waals surface area contributed by atoms with Gasteiger partial charge in [-0.15, -0.1) is 11.8 Å². The highest BCUT2D eigenvalue weighted by Crippen LogP contribution is 2.21. The first-order valence-electron chi connectivity index (χ1n) is 5.69. The molecule has 0 amide bonds. The molecule has 18 heavy (non-hydrogen) atoms. The van der Waals surface area contributed by atoms with Crippen molar-refractivity contribution in [1.82, 2.24) is 9.97 Å². The summed E-state index contributed by atoms with van der Waals surface area (Å²) >= 11 is 1.44. The smallest absolute Gasteiger partial charge is 0.148 e. The fourth-order valence-corrected chi connectivity index (χ4v) is 3.31. The fourth-order valence-electron chi connectivity index (χ4n) is 1.20. The van der Waals surface area contributed by atoms with E-state index in [0.717, 1.165) is 16.7 Å². The molecule has 0 aliphatic heterocycles.